The third-order valence-corrected chi connectivity index (χ3v) is 4.32. The molecular weight excluding hydrogens is 319 g/mol. The molecule has 2 rings (SSSR count). The van der Waals surface area contributed by atoms with Crippen LogP contribution in [0.2, 0.25) is 0 Å². The lowest BCUT2D eigenvalue weighted by Gasteiger charge is -2.07. The van der Waals surface area contributed by atoms with E-state index in [1.165, 1.54) is 11.8 Å². The van der Waals surface area contributed by atoms with Gasteiger partial charge in [0.25, 0.3) is 0 Å². The molecule has 0 bridgehead atoms. The second-order valence-corrected chi connectivity index (χ2v) is 5.47. The Morgan fingerprint density at radius 3 is 2.67 bits per heavy atom. The van der Waals surface area contributed by atoms with Gasteiger partial charge >= 0.3 is 0 Å². The molecule has 18 heavy (non-hydrogen) atoms. The van der Waals surface area contributed by atoms with Gasteiger partial charge in [-0.05, 0) is 41.1 Å². The summed E-state index contributed by atoms with van der Waals surface area (Å²) in [4.78, 5) is 1.31. The van der Waals surface area contributed by atoms with Crippen LogP contribution in [0.1, 0.15) is 11.3 Å². The van der Waals surface area contributed by atoms with Gasteiger partial charge in [0.1, 0.15) is 11.6 Å². The van der Waals surface area contributed by atoms with Crippen molar-refractivity contribution in [1.29, 1.82) is 5.41 Å². The zero-order valence-electron chi connectivity index (χ0n) is 9.46. The van der Waals surface area contributed by atoms with Gasteiger partial charge in [-0.3, -0.25) is 5.41 Å². The van der Waals surface area contributed by atoms with E-state index >= 15 is 0 Å². The third-order valence-electron chi connectivity index (χ3n) is 2.37. The molecule has 94 valence electrons. The summed E-state index contributed by atoms with van der Waals surface area (Å²) in [6, 6.07) is 5.01. The van der Waals surface area contributed by atoms with Gasteiger partial charge in [-0.2, -0.15) is 0 Å². The first kappa shape index (κ1) is 13.2. The molecule has 0 aliphatic rings. The number of rotatable bonds is 3. The second kappa shape index (κ2) is 5.16. The Morgan fingerprint density at radius 1 is 1.39 bits per heavy atom. The maximum absolute atomic E-state index is 14.1. The van der Waals surface area contributed by atoms with Crippen LogP contribution in [-0.2, 0) is 0 Å². The summed E-state index contributed by atoms with van der Waals surface area (Å²) < 4.78 is 19.5. The zero-order chi connectivity index (χ0) is 13.3. The van der Waals surface area contributed by atoms with Gasteiger partial charge in [0.2, 0.25) is 0 Å². The van der Waals surface area contributed by atoms with E-state index in [9.17, 15) is 4.39 Å². The number of halogens is 2. The van der Waals surface area contributed by atoms with Crippen molar-refractivity contribution in [2.45, 2.75) is 16.7 Å². The molecule has 0 aliphatic carbocycles. The maximum atomic E-state index is 14.1. The van der Waals surface area contributed by atoms with Crippen molar-refractivity contribution >= 4 is 33.5 Å². The number of amidine groups is 1. The van der Waals surface area contributed by atoms with E-state index in [0.29, 0.717) is 10.5 Å². The van der Waals surface area contributed by atoms with Gasteiger partial charge in [-0.25, -0.2) is 4.39 Å². The van der Waals surface area contributed by atoms with Crippen molar-refractivity contribution in [3.8, 4) is 0 Å². The van der Waals surface area contributed by atoms with Crippen LogP contribution in [0.3, 0.4) is 0 Å². The van der Waals surface area contributed by atoms with E-state index in [4.69, 9.17) is 15.6 Å². The first-order valence-corrected chi connectivity index (χ1v) is 6.66. The summed E-state index contributed by atoms with van der Waals surface area (Å²) in [6.45, 7) is 1.82. The molecule has 0 unspecified atom stereocenters. The third kappa shape index (κ3) is 2.44. The molecule has 0 aliphatic heterocycles. The molecule has 3 N–H and O–H groups in total. The van der Waals surface area contributed by atoms with Crippen molar-refractivity contribution in [3.63, 3.8) is 0 Å². The van der Waals surface area contributed by atoms with Gasteiger partial charge in [-0.1, -0.05) is 11.8 Å². The first-order chi connectivity index (χ1) is 8.50. The largest absolute Gasteiger partial charge is 0.468 e. The van der Waals surface area contributed by atoms with Crippen LogP contribution < -0.4 is 5.73 Å². The molecule has 2 aromatic rings. The van der Waals surface area contributed by atoms with Crippen LogP contribution in [0.5, 0.6) is 0 Å². The van der Waals surface area contributed by atoms with Gasteiger partial charge in [0.15, 0.2) is 5.82 Å². The SMILES string of the molecule is Cc1occc1Sc1ccc(C(=N)N)c(Br)c1F. The summed E-state index contributed by atoms with van der Waals surface area (Å²) in [6.07, 6.45) is 1.56. The number of nitrogens with one attached hydrogen (secondary N) is 1. The number of furan rings is 1. The van der Waals surface area contributed by atoms with Crippen LogP contribution >= 0.6 is 27.7 Å². The number of nitrogens with two attached hydrogens (primary N) is 1. The fourth-order valence-corrected chi connectivity index (χ4v) is 2.99. The van der Waals surface area contributed by atoms with Gasteiger partial charge in [0.05, 0.1) is 15.6 Å². The lowest BCUT2D eigenvalue weighted by atomic mass is 10.2. The highest BCUT2D eigenvalue weighted by Gasteiger charge is 2.15. The van der Waals surface area contributed by atoms with Crippen LogP contribution in [0.25, 0.3) is 0 Å². The normalized spacial score (nSPS) is 10.6. The Balaban J connectivity index is 2.39. The quantitative estimate of drug-likeness (QED) is 0.662. The molecule has 6 heteroatoms. The Hall–Kier alpha value is -1.27. The van der Waals surface area contributed by atoms with E-state index in [1.807, 2.05) is 6.92 Å². The topological polar surface area (TPSA) is 63.0 Å². The summed E-state index contributed by atoms with van der Waals surface area (Å²) in [5.41, 5.74) is 5.71. The highest BCUT2D eigenvalue weighted by Crippen LogP contribution is 2.36. The number of aryl methyl sites for hydroxylation is 1. The maximum Gasteiger partial charge on any atom is 0.152 e. The molecule has 0 atom stereocenters. The summed E-state index contributed by atoms with van der Waals surface area (Å²) in [5.74, 6) is 0.149. The van der Waals surface area contributed by atoms with Crippen LogP contribution in [0.4, 0.5) is 4.39 Å². The van der Waals surface area contributed by atoms with Crippen molar-refractivity contribution in [2.24, 2.45) is 5.73 Å². The fraction of sp³-hybridized carbons (Fsp3) is 0.0833. The van der Waals surface area contributed by atoms with E-state index in [2.05, 4.69) is 15.9 Å². The van der Waals surface area contributed by atoms with E-state index < -0.39 is 5.82 Å². The summed E-state index contributed by atoms with van der Waals surface area (Å²) >= 11 is 4.39. The Morgan fingerprint density at radius 2 is 2.11 bits per heavy atom. The monoisotopic (exact) mass is 328 g/mol. The Kier molecular flexibility index (Phi) is 3.77. The van der Waals surface area contributed by atoms with Crippen molar-refractivity contribution in [1.82, 2.24) is 0 Å². The minimum Gasteiger partial charge on any atom is -0.468 e. The van der Waals surface area contributed by atoms with Gasteiger partial charge < -0.3 is 10.2 Å². The predicted molar refractivity (Wildman–Crippen MR) is 72.7 cm³/mol. The molecule has 1 heterocycles. The lowest BCUT2D eigenvalue weighted by Crippen LogP contribution is -2.12. The van der Waals surface area contributed by atoms with Gasteiger partial charge in [0, 0.05) is 10.5 Å². The summed E-state index contributed by atoms with van der Waals surface area (Å²) in [7, 11) is 0. The minimum absolute atomic E-state index is 0.170. The highest BCUT2D eigenvalue weighted by molar-refractivity contribution is 9.10. The zero-order valence-corrected chi connectivity index (χ0v) is 11.9. The average Bonchev–Trinajstić information content (AvgIpc) is 2.70. The van der Waals surface area contributed by atoms with E-state index in [0.717, 1.165) is 10.7 Å². The second-order valence-electron chi connectivity index (χ2n) is 3.60. The lowest BCUT2D eigenvalue weighted by molar-refractivity contribution is 0.526. The van der Waals surface area contributed by atoms with Crippen molar-refractivity contribution < 1.29 is 8.81 Å². The summed E-state index contributed by atoms with van der Waals surface area (Å²) in [5, 5.41) is 7.33. The molecule has 0 fully saturated rings. The molecule has 0 saturated carbocycles. The van der Waals surface area contributed by atoms with Gasteiger partial charge in [-0.15, -0.1) is 0 Å². The molecule has 0 spiro atoms. The molecule has 1 aromatic carbocycles. The van der Waals surface area contributed by atoms with Crippen molar-refractivity contribution in [2.75, 3.05) is 0 Å². The predicted octanol–water partition coefficient (Wildman–Crippen LogP) is 3.92. The van der Waals surface area contributed by atoms with E-state index in [-0.39, 0.29) is 10.3 Å². The van der Waals surface area contributed by atoms with E-state index in [1.54, 1.807) is 24.5 Å². The van der Waals surface area contributed by atoms with Crippen molar-refractivity contribution in [3.05, 3.63) is 46.1 Å². The highest BCUT2D eigenvalue weighted by atomic mass is 79.9. The average molecular weight is 329 g/mol. The fourth-order valence-electron chi connectivity index (χ4n) is 1.42. The van der Waals surface area contributed by atoms with Crippen LogP contribution in [0.15, 0.2) is 43.1 Å². The number of hydrogen-bond acceptors (Lipinski definition) is 3. The Labute approximate surface area is 116 Å². The molecule has 0 saturated heterocycles. The first-order valence-electron chi connectivity index (χ1n) is 5.05. The number of benzene rings is 1. The molecule has 1 aromatic heterocycles. The number of nitrogen functional groups attached to an aromatic ring is 1. The van der Waals surface area contributed by atoms with Crippen LogP contribution in [0, 0.1) is 18.2 Å². The van der Waals surface area contributed by atoms with Crippen LogP contribution in [-0.4, -0.2) is 5.84 Å². The molecular formula is C12H10BrFN2OS. The Bertz CT molecular complexity index is 612. The number of hydrogen-bond donors (Lipinski definition) is 2. The molecule has 0 radical (unpaired) electrons. The minimum atomic E-state index is -0.423. The molecule has 3 nitrogen and oxygen atoms in total. The molecule has 0 amide bonds. The standard InChI is InChI=1S/C12H10BrFN2OS/c1-6-8(4-5-17-6)18-9-3-2-7(12(15)16)10(13)11(9)14/h2-5H,1H3,(H3,15,16). The smallest absolute Gasteiger partial charge is 0.152 e.